The Hall–Kier alpha value is -1.70. The third kappa shape index (κ3) is 2.80. The number of sulfonamides is 1. The summed E-state index contributed by atoms with van der Waals surface area (Å²) in [7, 11) is -3.48. The molecular weight excluding hydrogens is 330 g/mol. The van der Waals surface area contributed by atoms with Crippen molar-refractivity contribution in [3.63, 3.8) is 0 Å². The molecule has 0 saturated heterocycles. The number of hydrogen-bond acceptors (Lipinski definition) is 4. The summed E-state index contributed by atoms with van der Waals surface area (Å²) in [5, 5.41) is 0. The molecule has 1 N–H and O–H groups in total. The standard InChI is InChI=1S/C16H17N3O2S2/c1-11-6-9-16(22-11)23(20,21)17-10-15-18-13-4-2-3-5-14(13)19(15)12-7-8-12/h2-6,9,12,17H,7-8,10H2,1H3. The van der Waals surface area contributed by atoms with Crippen LogP contribution in [0.4, 0.5) is 0 Å². The van der Waals surface area contributed by atoms with Gasteiger partial charge in [-0.15, -0.1) is 11.3 Å². The highest BCUT2D eigenvalue weighted by Gasteiger charge is 2.28. The molecule has 1 aromatic carbocycles. The summed E-state index contributed by atoms with van der Waals surface area (Å²) in [5.74, 6) is 0.783. The average molecular weight is 347 g/mol. The lowest BCUT2D eigenvalue weighted by Crippen LogP contribution is -2.24. The predicted octanol–water partition coefficient (Wildman–Crippen LogP) is 3.22. The molecule has 1 aliphatic carbocycles. The monoisotopic (exact) mass is 347 g/mol. The van der Waals surface area contributed by atoms with Gasteiger partial charge in [0.05, 0.1) is 17.6 Å². The van der Waals surface area contributed by atoms with Gasteiger partial charge in [0.15, 0.2) is 0 Å². The Kier molecular flexibility index (Phi) is 3.51. The van der Waals surface area contributed by atoms with E-state index < -0.39 is 10.0 Å². The van der Waals surface area contributed by atoms with Crippen LogP contribution in [0.1, 0.15) is 29.6 Å². The first-order valence-electron chi connectivity index (χ1n) is 7.56. The number of imidazole rings is 1. The summed E-state index contributed by atoms with van der Waals surface area (Å²) in [4.78, 5) is 5.60. The summed E-state index contributed by atoms with van der Waals surface area (Å²) in [5.41, 5.74) is 2.00. The zero-order valence-corrected chi connectivity index (χ0v) is 14.3. The van der Waals surface area contributed by atoms with Crippen LogP contribution in [0.2, 0.25) is 0 Å². The van der Waals surface area contributed by atoms with Gasteiger partial charge in [-0.2, -0.15) is 0 Å². The van der Waals surface area contributed by atoms with E-state index in [4.69, 9.17) is 0 Å². The molecule has 0 spiro atoms. The molecule has 2 aromatic heterocycles. The third-order valence-corrected chi connectivity index (χ3v) is 6.88. The fourth-order valence-electron chi connectivity index (χ4n) is 2.75. The van der Waals surface area contributed by atoms with Crippen molar-refractivity contribution in [1.29, 1.82) is 0 Å². The van der Waals surface area contributed by atoms with E-state index in [1.54, 1.807) is 6.07 Å². The lowest BCUT2D eigenvalue weighted by atomic mass is 10.3. The second-order valence-corrected chi connectivity index (χ2v) is 9.09. The molecule has 0 radical (unpaired) electrons. The van der Waals surface area contributed by atoms with Crippen LogP contribution < -0.4 is 4.72 Å². The zero-order valence-electron chi connectivity index (χ0n) is 12.7. The van der Waals surface area contributed by atoms with E-state index in [0.717, 1.165) is 34.6 Å². The van der Waals surface area contributed by atoms with Gasteiger partial charge in [0, 0.05) is 10.9 Å². The van der Waals surface area contributed by atoms with E-state index in [-0.39, 0.29) is 6.54 Å². The van der Waals surface area contributed by atoms with Gasteiger partial charge in [0.25, 0.3) is 0 Å². The molecule has 7 heteroatoms. The molecule has 0 bridgehead atoms. The van der Waals surface area contributed by atoms with E-state index in [9.17, 15) is 8.42 Å². The smallest absolute Gasteiger partial charge is 0.250 e. The van der Waals surface area contributed by atoms with Crippen LogP contribution in [0.25, 0.3) is 11.0 Å². The van der Waals surface area contributed by atoms with E-state index in [1.165, 1.54) is 11.3 Å². The van der Waals surface area contributed by atoms with Gasteiger partial charge in [-0.3, -0.25) is 0 Å². The number of benzene rings is 1. The van der Waals surface area contributed by atoms with Crippen LogP contribution in [0.15, 0.2) is 40.6 Å². The van der Waals surface area contributed by atoms with Crippen LogP contribution in [0.5, 0.6) is 0 Å². The minimum Gasteiger partial charge on any atom is -0.324 e. The number of hydrogen-bond donors (Lipinski definition) is 1. The highest BCUT2D eigenvalue weighted by atomic mass is 32.2. The van der Waals surface area contributed by atoms with Gasteiger partial charge in [0.1, 0.15) is 10.0 Å². The number of nitrogens with zero attached hydrogens (tertiary/aromatic N) is 2. The maximum Gasteiger partial charge on any atom is 0.250 e. The number of rotatable bonds is 5. The molecule has 0 amide bonds. The molecule has 1 fully saturated rings. The minimum atomic E-state index is -3.48. The summed E-state index contributed by atoms with van der Waals surface area (Å²) < 4.78 is 30.0. The topological polar surface area (TPSA) is 64.0 Å². The Labute approximate surface area is 139 Å². The van der Waals surface area contributed by atoms with Gasteiger partial charge in [0.2, 0.25) is 10.0 Å². The Balaban J connectivity index is 1.64. The normalized spacial score (nSPS) is 15.3. The first-order valence-corrected chi connectivity index (χ1v) is 9.86. The summed E-state index contributed by atoms with van der Waals surface area (Å²) in [6, 6.07) is 11.9. The first-order chi connectivity index (χ1) is 11.0. The summed E-state index contributed by atoms with van der Waals surface area (Å²) >= 11 is 1.28. The van der Waals surface area contributed by atoms with Crippen molar-refractivity contribution in [3.05, 3.63) is 47.1 Å². The van der Waals surface area contributed by atoms with Crippen molar-refractivity contribution in [3.8, 4) is 0 Å². The predicted molar refractivity (Wildman–Crippen MR) is 91.1 cm³/mol. The second-order valence-electron chi connectivity index (χ2n) is 5.81. The fourth-order valence-corrected chi connectivity index (χ4v) is 5.05. The first kappa shape index (κ1) is 14.9. The van der Waals surface area contributed by atoms with Gasteiger partial charge in [-0.25, -0.2) is 18.1 Å². The van der Waals surface area contributed by atoms with Crippen LogP contribution in [-0.4, -0.2) is 18.0 Å². The van der Waals surface area contributed by atoms with E-state index in [1.807, 2.05) is 37.3 Å². The van der Waals surface area contributed by atoms with Crippen molar-refractivity contribution in [2.45, 2.75) is 36.6 Å². The molecule has 5 nitrogen and oxygen atoms in total. The summed E-state index contributed by atoms with van der Waals surface area (Å²) in [6.45, 7) is 2.11. The van der Waals surface area contributed by atoms with Crippen molar-refractivity contribution >= 4 is 32.4 Å². The Bertz CT molecular complexity index is 968. The molecular formula is C16H17N3O2S2. The van der Waals surface area contributed by atoms with Crippen molar-refractivity contribution in [2.24, 2.45) is 0 Å². The third-order valence-electron chi connectivity index (χ3n) is 3.98. The highest BCUT2D eigenvalue weighted by molar-refractivity contribution is 7.91. The van der Waals surface area contributed by atoms with Crippen molar-refractivity contribution in [2.75, 3.05) is 0 Å². The second kappa shape index (κ2) is 5.43. The molecule has 1 saturated carbocycles. The minimum absolute atomic E-state index is 0.213. The lowest BCUT2D eigenvalue weighted by Gasteiger charge is -2.08. The molecule has 0 atom stereocenters. The molecule has 1 aliphatic rings. The SMILES string of the molecule is Cc1ccc(S(=O)(=O)NCc2nc3ccccc3n2C2CC2)s1. The lowest BCUT2D eigenvalue weighted by molar-refractivity contribution is 0.577. The Morgan fingerprint density at radius 1 is 1.26 bits per heavy atom. The molecule has 2 heterocycles. The maximum atomic E-state index is 12.4. The molecule has 23 heavy (non-hydrogen) atoms. The fraction of sp³-hybridized carbons (Fsp3) is 0.312. The maximum absolute atomic E-state index is 12.4. The number of fused-ring (bicyclic) bond motifs is 1. The largest absolute Gasteiger partial charge is 0.324 e. The molecule has 120 valence electrons. The van der Waals surface area contributed by atoms with Gasteiger partial charge >= 0.3 is 0 Å². The molecule has 0 aliphatic heterocycles. The van der Waals surface area contributed by atoms with Gasteiger partial charge < -0.3 is 4.57 Å². The molecule has 3 aromatic rings. The number of thiophene rings is 1. The molecule has 0 unspecified atom stereocenters. The number of aryl methyl sites for hydroxylation is 1. The van der Waals surface area contributed by atoms with Crippen molar-refractivity contribution < 1.29 is 8.42 Å². The van der Waals surface area contributed by atoms with Gasteiger partial charge in [-0.05, 0) is 44.0 Å². The van der Waals surface area contributed by atoms with E-state index in [2.05, 4.69) is 14.3 Å². The van der Waals surface area contributed by atoms with Crippen LogP contribution in [0, 0.1) is 6.92 Å². The van der Waals surface area contributed by atoms with Crippen LogP contribution in [0.3, 0.4) is 0 Å². The zero-order chi connectivity index (χ0) is 16.0. The van der Waals surface area contributed by atoms with Crippen molar-refractivity contribution in [1.82, 2.24) is 14.3 Å². The Morgan fingerprint density at radius 2 is 2.04 bits per heavy atom. The van der Waals surface area contributed by atoms with Crippen LogP contribution >= 0.6 is 11.3 Å². The quantitative estimate of drug-likeness (QED) is 0.771. The van der Waals surface area contributed by atoms with Crippen LogP contribution in [-0.2, 0) is 16.6 Å². The van der Waals surface area contributed by atoms with E-state index >= 15 is 0 Å². The number of nitrogens with one attached hydrogen (secondary N) is 1. The summed E-state index contributed by atoms with van der Waals surface area (Å²) in [6.07, 6.45) is 2.26. The molecule has 4 rings (SSSR count). The average Bonchev–Trinajstić information content (AvgIpc) is 3.14. The Morgan fingerprint density at radius 3 is 2.74 bits per heavy atom. The van der Waals surface area contributed by atoms with Gasteiger partial charge in [-0.1, -0.05) is 12.1 Å². The van der Waals surface area contributed by atoms with E-state index in [0.29, 0.717) is 10.3 Å². The highest BCUT2D eigenvalue weighted by Crippen LogP contribution is 2.38. The number of aromatic nitrogens is 2. The number of para-hydroxylation sites is 2.